The number of para-hydroxylation sites is 1. The van der Waals surface area contributed by atoms with Gasteiger partial charge in [-0.3, -0.25) is 14.4 Å². The average Bonchev–Trinajstić information content (AvgIpc) is 2.86. The van der Waals surface area contributed by atoms with Gasteiger partial charge >= 0.3 is 11.8 Å². The number of amides is 3. The quantitative estimate of drug-likeness (QED) is 0.231. The Kier molecular flexibility index (Phi) is 9.17. The van der Waals surface area contributed by atoms with Crippen LogP contribution in [0.15, 0.2) is 59.7 Å². The number of benzene rings is 3. The summed E-state index contributed by atoms with van der Waals surface area (Å²) in [6.07, 6.45) is 1.22. The molecule has 0 aliphatic rings. The molecule has 0 saturated heterocycles. The number of carbonyl (C=O) groups excluding carboxylic acids is 3. The molecule has 0 aromatic heterocycles. The molecule has 0 heterocycles. The Morgan fingerprint density at radius 3 is 2.46 bits per heavy atom. The summed E-state index contributed by atoms with van der Waals surface area (Å²) < 4.78 is 24.5. The van der Waals surface area contributed by atoms with Gasteiger partial charge < -0.3 is 20.1 Å². The van der Waals surface area contributed by atoms with Gasteiger partial charge in [0.25, 0.3) is 5.91 Å². The molecule has 0 atom stereocenters. The predicted molar refractivity (Wildman–Crippen MR) is 139 cm³/mol. The van der Waals surface area contributed by atoms with E-state index in [1.165, 1.54) is 43.7 Å². The number of ether oxygens (including phenoxy) is 2. The molecule has 0 aliphatic carbocycles. The second-order valence-corrected chi connectivity index (χ2v) is 8.23. The molecule has 0 spiro atoms. The number of hydrazone groups is 1. The number of methoxy groups -OCH3 is 1. The van der Waals surface area contributed by atoms with Crippen molar-refractivity contribution in [2.75, 3.05) is 24.4 Å². The molecule has 0 radical (unpaired) electrons. The van der Waals surface area contributed by atoms with E-state index in [4.69, 9.17) is 21.1 Å². The van der Waals surface area contributed by atoms with Crippen molar-refractivity contribution in [1.82, 2.24) is 5.43 Å². The van der Waals surface area contributed by atoms with E-state index in [2.05, 4.69) is 15.7 Å². The number of anilines is 2. The van der Waals surface area contributed by atoms with Crippen LogP contribution in [0.1, 0.15) is 16.7 Å². The highest BCUT2D eigenvalue weighted by Gasteiger charge is 2.16. The average molecular weight is 527 g/mol. The lowest BCUT2D eigenvalue weighted by atomic mass is 10.1. The van der Waals surface area contributed by atoms with Crippen LogP contribution < -0.4 is 25.5 Å². The van der Waals surface area contributed by atoms with Crippen LogP contribution in [0.25, 0.3) is 0 Å². The van der Waals surface area contributed by atoms with Crippen LogP contribution in [0.5, 0.6) is 11.5 Å². The fourth-order valence-electron chi connectivity index (χ4n) is 3.19. The van der Waals surface area contributed by atoms with Crippen LogP contribution in [0, 0.1) is 19.7 Å². The summed E-state index contributed by atoms with van der Waals surface area (Å²) in [7, 11) is 1.39. The molecule has 0 aliphatic heterocycles. The first-order chi connectivity index (χ1) is 17.7. The van der Waals surface area contributed by atoms with Gasteiger partial charge in [-0.25, -0.2) is 9.82 Å². The number of halogens is 2. The number of hydrogen-bond donors (Lipinski definition) is 3. The molecular formula is C26H24ClFN4O5. The van der Waals surface area contributed by atoms with Crippen LogP contribution >= 0.6 is 11.6 Å². The van der Waals surface area contributed by atoms with E-state index >= 15 is 0 Å². The third-order valence-corrected chi connectivity index (χ3v) is 5.24. The van der Waals surface area contributed by atoms with Crippen LogP contribution in [0.3, 0.4) is 0 Å². The van der Waals surface area contributed by atoms with Crippen molar-refractivity contribution in [2.24, 2.45) is 5.10 Å². The van der Waals surface area contributed by atoms with Crippen LogP contribution in [0.2, 0.25) is 5.02 Å². The molecular weight excluding hydrogens is 503 g/mol. The molecule has 3 aromatic rings. The number of rotatable bonds is 8. The third kappa shape index (κ3) is 7.52. The molecule has 9 nitrogen and oxygen atoms in total. The van der Waals surface area contributed by atoms with Gasteiger partial charge in [0, 0.05) is 5.69 Å². The minimum atomic E-state index is -1.10. The first kappa shape index (κ1) is 27.2. The molecule has 37 heavy (non-hydrogen) atoms. The first-order valence-electron chi connectivity index (χ1n) is 10.9. The summed E-state index contributed by atoms with van der Waals surface area (Å²) in [5.74, 6) is -2.90. The highest BCUT2D eigenvalue weighted by molar-refractivity contribution is 6.39. The van der Waals surface area contributed by atoms with Gasteiger partial charge in [-0.1, -0.05) is 41.4 Å². The number of hydrogen-bond acceptors (Lipinski definition) is 6. The minimum absolute atomic E-state index is 0.128. The fraction of sp³-hybridized carbons (Fsp3) is 0.154. The summed E-state index contributed by atoms with van der Waals surface area (Å²) in [6.45, 7) is 3.54. The summed E-state index contributed by atoms with van der Waals surface area (Å²) in [4.78, 5) is 36.2. The summed E-state index contributed by atoms with van der Waals surface area (Å²) in [5, 5.41) is 8.76. The van der Waals surface area contributed by atoms with Gasteiger partial charge in [0.05, 0.1) is 24.0 Å². The van der Waals surface area contributed by atoms with Gasteiger partial charge in [-0.05, 0) is 55.3 Å². The van der Waals surface area contributed by atoms with E-state index in [9.17, 15) is 18.8 Å². The lowest BCUT2D eigenvalue weighted by molar-refractivity contribution is -0.136. The Bertz CT molecular complexity index is 1360. The Balaban J connectivity index is 1.59. The molecule has 3 amide bonds. The van der Waals surface area contributed by atoms with Crippen molar-refractivity contribution >= 4 is 46.9 Å². The highest BCUT2D eigenvalue weighted by atomic mass is 35.5. The molecule has 0 unspecified atom stereocenters. The second kappa shape index (κ2) is 12.5. The molecule has 11 heteroatoms. The molecule has 3 rings (SSSR count). The van der Waals surface area contributed by atoms with Crippen molar-refractivity contribution in [3.05, 3.63) is 82.1 Å². The van der Waals surface area contributed by atoms with Gasteiger partial charge in [-0.2, -0.15) is 5.10 Å². The van der Waals surface area contributed by atoms with Crippen LogP contribution in [0.4, 0.5) is 15.8 Å². The zero-order valence-corrected chi connectivity index (χ0v) is 21.0. The SMILES string of the molecule is COc1cc(/C=N\NC(=O)C(=O)Nc2ccccc2F)cc(Cl)c1OCC(=O)Nc1ccc(C)cc1C. The molecule has 0 bridgehead atoms. The summed E-state index contributed by atoms with van der Waals surface area (Å²) in [6, 6.07) is 14.1. The van der Waals surface area contributed by atoms with Crippen LogP contribution in [-0.2, 0) is 14.4 Å². The molecule has 0 saturated carbocycles. The standard InChI is InChI=1S/C26H24ClFN4O5/c1-15-8-9-20(16(2)10-15)30-23(33)14-37-24-18(27)11-17(12-22(24)36-3)13-29-32-26(35)25(34)31-21-7-5-4-6-19(21)28/h4-13H,14H2,1-3H3,(H,30,33)(H,31,34)(H,32,35)/b29-13-. The fourth-order valence-corrected chi connectivity index (χ4v) is 3.46. The van der Waals surface area contributed by atoms with Crippen molar-refractivity contribution in [1.29, 1.82) is 0 Å². The van der Waals surface area contributed by atoms with Gasteiger partial charge in [0.2, 0.25) is 0 Å². The molecule has 3 aromatic carbocycles. The van der Waals surface area contributed by atoms with Crippen molar-refractivity contribution in [2.45, 2.75) is 13.8 Å². The zero-order valence-electron chi connectivity index (χ0n) is 20.2. The predicted octanol–water partition coefficient (Wildman–Crippen LogP) is 4.21. The Morgan fingerprint density at radius 1 is 1.00 bits per heavy atom. The van der Waals surface area contributed by atoms with Crippen LogP contribution in [-0.4, -0.2) is 37.7 Å². The number of nitrogens with one attached hydrogen (secondary N) is 3. The van der Waals surface area contributed by atoms with Gasteiger partial charge in [-0.15, -0.1) is 0 Å². The normalized spacial score (nSPS) is 10.6. The lowest BCUT2D eigenvalue weighted by Crippen LogP contribution is -2.32. The van der Waals surface area contributed by atoms with E-state index in [-0.39, 0.29) is 34.7 Å². The highest BCUT2D eigenvalue weighted by Crippen LogP contribution is 2.36. The topological polar surface area (TPSA) is 118 Å². The van der Waals surface area contributed by atoms with Crippen molar-refractivity contribution in [3.63, 3.8) is 0 Å². The smallest absolute Gasteiger partial charge is 0.329 e. The zero-order chi connectivity index (χ0) is 26.9. The molecule has 0 fully saturated rings. The number of carbonyl (C=O) groups is 3. The summed E-state index contributed by atoms with van der Waals surface area (Å²) >= 11 is 6.31. The van der Waals surface area contributed by atoms with Crippen molar-refractivity contribution < 1.29 is 28.2 Å². The second-order valence-electron chi connectivity index (χ2n) is 7.82. The largest absolute Gasteiger partial charge is 0.493 e. The van der Waals surface area contributed by atoms with Gasteiger partial charge in [0.15, 0.2) is 18.1 Å². The minimum Gasteiger partial charge on any atom is -0.493 e. The maximum atomic E-state index is 13.6. The Hall–Kier alpha value is -4.44. The molecule has 3 N–H and O–H groups in total. The van der Waals surface area contributed by atoms with Crippen molar-refractivity contribution in [3.8, 4) is 11.5 Å². The van der Waals surface area contributed by atoms with E-state index in [1.54, 1.807) is 0 Å². The third-order valence-electron chi connectivity index (χ3n) is 4.96. The lowest BCUT2D eigenvalue weighted by Gasteiger charge is -2.14. The number of nitrogens with zero attached hydrogens (tertiary/aromatic N) is 1. The van der Waals surface area contributed by atoms with Gasteiger partial charge in [0.1, 0.15) is 5.82 Å². The number of aryl methyl sites for hydroxylation is 2. The monoisotopic (exact) mass is 526 g/mol. The van der Waals surface area contributed by atoms with E-state index < -0.39 is 17.6 Å². The molecule has 192 valence electrons. The first-order valence-corrected chi connectivity index (χ1v) is 11.3. The van der Waals surface area contributed by atoms with E-state index in [0.717, 1.165) is 17.2 Å². The van der Waals surface area contributed by atoms with E-state index in [0.29, 0.717) is 11.3 Å². The maximum Gasteiger partial charge on any atom is 0.329 e. The van der Waals surface area contributed by atoms with E-state index in [1.807, 2.05) is 37.5 Å². The summed E-state index contributed by atoms with van der Waals surface area (Å²) in [5.41, 5.74) is 4.99. The Labute approximate surface area is 217 Å². The maximum absolute atomic E-state index is 13.6. The Morgan fingerprint density at radius 2 is 1.76 bits per heavy atom.